The highest BCUT2D eigenvalue weighted by atomic mass is 35.5. The largest absolute Gasteiger partial charge is 0.479 e. The molecule has 31 heavy (non-hydrogen) atoms. The lowest BCUT2D eigenvalue weighted by molar-refractivity contribution is -0.118. The first-order chi connectivity index (χ1) is 13.9. The summed E-state index contributed by atoms with van der Waals surface area (Å²) in [6.45, 7) is 4.78. The van der Waals surface area contributed by atoms with Crippen molar-refractivity contribution in [2.24, 2.45) is 7.05 Å². The number of aryl methyl sites for hydroxylation is 3. The molecule has 0 saturated heterocycles. The summed E-state index contributed by atoms with van der Waals surface area (Å²) in [5.41, 5.74) is 12.8. The zero-order valence-corrected chi connectivity index (χ0v) is 19.9. The van der Waals surface area contributed by atoms with E-state index in [4.69, 9.17) is 15.5 Å². The van der Waals surface area contributed by atoms with Crippen molar-refractivity contribution < 1.29 is 9.53 Å². The molecule has 2 aromatic heterocycles. The molecule has 0 aliphatic carbocycles. The monoisotopic (exact) mass is 465 g/mol. The molecule has 168 valence electrons. The van der Waals surface area contributed by atoms with Crippen molar-refractivity contribution in [3.63, 3.8) is 0 Å². The van der Waals surface area contributed by atoms with E-state index in [9.17, 15) is 4.79 Å². The van der Waals surface area contributed by atoms with Gasteiger partial charge in [0.1, 0.15) is 0 Å². The fraction of sp³-hybridized carbons (Fsp3) is 0.409. The first-order valence-electron chi connectivity index (χ1n) is 9.96. The minimum atomic E-state index is 0. The number of hydrogen-bond acceptors (Lipinski definition) is 5. The number of hydrogen-bond donors (Lipinski definition) is 1. The molecule has 3 aromatic rings. The number of pyridine rings is 1. The summed E-state index contributed by atoms with van der Waals surface area (Å²) < 4.78 is 7.17. The lowest BCUT2D eigenvalue weighted by Crippen LogP contribution is -2.36. The summed E-state index contributed by atoms with van der Waals surface area (Å²) in [6.07, 6.45) is 2.91. The number of anilines is 2. The van der Waals surface area contributed by atoms with Crippen molar-refractivity contribution in [2.75, 3.05) is 24.3 Å². The minimum absolute atomic E-state index is 0. The number of carbonyl (C=O) groups excluding carboxylic acids is 1. The Hall–Kier alpha value is -2.51. The van der Waals surface area contributed by atoms with E-state index in [2.05, 4.69) is 12.0 Å². The molecule has 4 rings (SSSR count). The lowest BCUT2D eigenvalue weighted by atomic mass is 9.97. The Morgan fingerprint density at radius 3 is 2.71 bits per heavy atom. The number of fused-ring (bicyclic) bond motifs is 2. The predicted molar refractivity (Wildman–Crippen MR) is 129 cm³/mol. The summed E-state index contributed by atoms with van der Waals surface area (Å²) >= 11 is 0. The highest BCUT2D eigenvalue weighted by Gasteiger charge is 2.24. The second kappa shape index (κ2) is 9.75. The summed E-state index contributed by atoms with van der Waals surface area (Å²) in [4.78, 5) is 19.7. The Labute approximate surface area is 194 Å². The Kier molecular flexibility index (Phi) is 7.78. The smallest absolute Gasteiger partial charge is 0.242 e. The topological polar surface area (TPSA) is 86.3 Å². The zero-order chi connectivity index (χ0) is 20.7. The number of methoxy groups -OCH3 is 1. The van der Waals surface area contributed by atoms with E-state index in [1.54, 1.807) is 11.8 Å². The fourth-order valence-corrected chi connectivity index (χ4v) is 4.38. The average molecular weight is 466 g/mol. The Bertz CT molecular complexity index is 1110. The molecule has 1 aliphatic heterocycles. The number of halogens is 2. The third-order valence-corrected chi connectivity index (χ3v) is 5.89. The van der Waals surface area contributed by atoms with Crippen LogP contribution >= 0.6 is 24.8 Å². The second-order valence-electron chi connectivity index (χ2n) is 7.63. The molecule has 1 amide bonds. The maximum atomic E-state index is 13.1. The van der Waals surface area contributed by atoms with Gasteiger partial charge in [0.15, 0.2) is 5.65 Å². The molecule has 7 nitrogen and oxygen atoms in total. The molecule has 1 aliphatic rings. The number of nitrogen functional groups attached to an aromatic ring is 1. The Morgan fingerprint density at radius 2 is 2.00 bits per heavy atom. The molecule has 9 heteroatoms. The molecule has 0 saturated carbocycles. The zero-order valence-electron chi connectivity index (χ0n) is 18.3. The van der Waals surface area contributed by atoms with Gasteiger partial charge in [0.05, 0.1) is 12.5 Å². The van der Waals surface area contributed by atoms with Gasteiger partial charge in [-0.3, -0.25) is 4.79 Å². The first kappa shape index (κ1) is 24.8. The van der Waals surface area contributed by atoms with E-state index < -0.39 is 0 Å². The third kappa shape index (κ3) is 4.29. The number of aromatic nitrogens is 3. The predicted octanol–water partition coefficient (Wildman–Crippen LogP) is 3.93. The van der Waals surface area contributed by atoms with Gasteiger partial charge in [-0.05, 0) is 61.9 Å². The van der Waals surface area contributed by atoms with Crippen molar-refractivity contribution in [3.05, 3.63) is 40.6 Å². The van der Waals surface area contributed by atoms with Crippen LogP contribution in [0.15, 0.2) is 18.2 Å². The maximum Gasteiger partial charge on any atom is 0.242 e. The van der Waals surface area contributed by atoms with Crippen LogP contribution in [0.2, 0.25) is 0 Å². The first-order valence-corrected chi connectivity index (χ1v) is 9.96. The van der Waals surface area contributed by atoms with Crippen molar-refractivity contribution in [2.45, 2.75) is 39.5 Å². The highest BCUT2D eigenvalue weighted by Crippen LogP contribution is 2.33. The Balaban J connectivity index is 0.00000171. The molecule has 0 radical (unpaired) electrons. The molecule has 2 N–H and O–H groups in total. The van der Waals surface area contributed by atoms with Crippen LogP contribution in [0, 0.1) is 13.8 Å². The molecule has 0 spiro atoms. The number of benzene rings is 1. The van der Waals surface area contributed by atoms with Gasteiger partial charge in [-0.15, -0.1) is 29.9 Å². The van der Waals surface area contributed by atoms with E-state index in [0.717, 1.165) is 64.2 Å². The Morgan fingerprint density at radius 1 is 1.26 bits per heavy atom. The second-order valence-corrected chi connectivity index (χ2v) is 7.63. The van der Waals surface area contributed by atoms with Gasteiger partial charge in [0, 0.05) is 37.1 Å². The maximum absolute atomic E-state index is 13.1. The number of carbonyl (C=O) groups is 1. The van der Waals surface area contributed by atoms with Crippen LogP contribution in [0.25, 0.3) is 11.0 Å². The van der Waals surface area contributed by atoms with Crippen LogP contribution in [-0.2, 0) is 24.7 Å². The van der Waals surface area contributed by atoms with E-state index in [0.29, 0.717) is 18.7 Å². The quantitative estimate of drug-likeness (QED) is 0.589. The average Bonchev–Trinajstić information content (AvgIpc) is 3.03. The molecular formula is C22H29Cl2N5O2. The van der Waals surface area contributed by atoms with Crippen LogP contribution in [0.3, 0.4) is 0 Å². The van der Waals surface area contributed by atoms with Crippen LogP contribution in [0.4, 0.5) is 11.4 Å². The molecule has 0 fully saturated rings. The van der Waals surface area contributed by atoms with E-state index in [1.165, 1.54) is 0 Å². The van der Waals surface area contributed by atoms with E-state index in [-0.39, 0.29) is 30.7 Å². The van der Waals surface area contributed by atoms with Crippen LogP contribution in [0.1, 0.15) is 35.2 Å². The fourth-order valence-electron chi connectivity index (χ4n) is 4.38. The van der Waals surface area contributed by atoms with Gasteiger partial charge in [-0.2, -0.15) is 0 Å². The lowest BCUT2D eigenvalue weighted by Gasteiger charge is -2.30. The minimum Gasteiger partial charge on any atom is -0.479 e. The van der Waals surface area contributed by atoms with Crippen molar-refractivity contribution in [1.82, 2.24) is 14.8 Å². The highest BCUT2D eigenvalue weighted by molar-refractivity contribution is 5.96. The molecule has 1 aromatic carbocycles. The van der Waals surface area contributed by atoms with Gasteiger partial charge in [-0.25, -0.2) is 9.67 Å². The summed E-state index contributed by atoms with van der Waals surface area (Å²) in [5, 5.41) is 5.31. The normalized spacial score (nSPS) is 12.7. The van der Waals surface area contributed by atoms with Crippen molar-refractivity contribution >= 4 is 53.1 Å². The van der Waals surface area contributed by atoms with Crippen molar-refractivity contribution in [1.29, 1.82) is 0 Å². The van der Waals surface area contributed by atoms with Gasteiger partial charge in [0.25, 0.3) is 0 Å². The number of nitrogens with two attached hydrogens (primary N) is 1. The third-order valence-electron chi connectivity index (χ3n) is 5.89. The summed E-state index contributed by atoms with van der Waals surface area (Å²) in [6, 6.07) is 5.82. The van der Waals surface area contributed by atoms with E-state index in [1.807, 2.05) is 37.1 Å². The summed E-state index contributed by atoms with van der Waals surface area (Å²) in [7, 11) is 3.48. The SMILES string of the molecule is COc1nn(C)c2nc(C)c(CCC(=O)N3CCCc4c(N)cccc43)c(C)c12.Cl.Cl. The molecule has 0 bridgehead atoms. The van der Waals surface area contributed by atoms with Gasteiger partial charge in [-0.1, -0.05) is 6.07 Å². The number of amides is 1. The van der Waals surface area contributed by atoms with Gasteiger partial charge < -0.3 is 15.4 Å². The van der Waals surface area contributed by atoms with Gasteiger partial charge >= 0.3 is 0 Å². The van der Waals surface area contributed by atoms with Crippen LogP contribution < -0.4 is 15.4 Å². The molecule has 3 heterocycles. The van der Waals surface area contributed by atoms with Gasteiger partial charge in [0.2, 0.25) is 11.8 Å². The standard InChI is InChI=1S/C22H27N5O2.2ClH/c1-13-15(14(2)24-21-20(13)22(29-4)25-26(21)3)10-11-19(28)27-12-6-7-16-17(23)8-5-9-18(16)27;;/h5,8-9H,6-7,10-12,23H2,1-4H3;2*1H. The van der Waals surface area contributed by atoms with Crippen molar-refractivity contribution in [3.8, 4) is 5.88 Å². The number of rotatable bonds is 4. The molecular weight excluding hydrogens is 437 g/mol. The van der Waals surface area contributed by atoms with Crippen LogP contribution in [-0.4, -0.2) is 34.3 Å². The van der Waals surface area contributed by atoms with E-state index >= 15 is 0 Å². The molecule has 0 unspecified atom stereocenters. The van der Waals surface area contributed by atoms with Crippen LogP contribution in [0.5, 0.6) is 5.88 Å². The number of ether oxygens (including phenoxy) is 1. The summed E-state index contributed by atoms with van der Waals surface area (Å²) in [5.74, 6) is 0.689. The molecule has 0 atom stereocenters. The number of nitrogens with zero attached hydrogens (tertiary/aromatic N) is 4.